The van der Waals surface area contributed by atoms with Gasteiger partial charge in [-0.25, -0.2) is 4.79 Å². The molecule has 1 aromatic heterocycles. The lowest BCUT2D eigenvalue weighted by Gasteiger charge is -2.40. The number of hydrogen-bond acceptors (Lipinski definition) is 7. The predicted molar refractivity (Wildman–Crippen MR) is 127 cm³/mol. The van der Waals surface area contributed by atoms with Crippen LogP contribution in [0.3, 0.4) is 0 Å². The maximum absolute atomic E-state index is 12.4. The molecule has 2 atom stereocenters. The summed E-state index contributed by atoms with van der Waals surface area (Å²) in [5.74, 6) is 0.912. The molecule has 8 nitrogen and oxygen atoms in total. The molecule has 172 valence electrons. The van der Waals surface area contributed by atoms with Gasteiger partial charge in [-0.05, 0) is 63.9 Å². The normalized spacial score (nSPS) is 20.8. The highest BCUT2D eigenvalue weighted by Gasteiger charge is 2.31. The predicted octanol–water partition coefficient (Wildman–Crippen LogP) is 3.35. The summed E-state index contributed by atoms with van der Waals surface area (Å²) in [5, 5.41) is 15.4. The highest BCUT2D eigenvalue weighted by atomic mass is 16.6. The minimum Gasteiger partial charge on any atom is -0.447 e. The van der Waals surface area contributed by atoms with Crippen molar-refractivity contribution in [2.24, 2.45) is 0 Å². The standard InChI is InChI=1S/C24H34N6O2/c1-5-30-17(4)14-21(26-24(31)32-16(2)3)19-15-18(6-8-22(19)30)20-7-9-23(28-27-20)29-12-10-25-11-13-29/h6-9,15-17,21,25H,5,10-14H2,1-4H3,(H,26,31). The number of fused-ring (bicyclic) bond motifs is 1. The summed E-state index contributed by atoms with van der Waals surface area (Å²) < 4.78 is 5.35. The molecule has 2 aromatic rings. The molecule has 2 N–H and O–H groups in total. The summed E-state index contributed by atoms with van der Waals surface area (Å²) >= 11 is 0. The quantitative estimate of drug-likeness (QED) is 0.741. The molecule has 32 heavy (non-hydrogen) atoms. The number of benzene rings is 1. The van der Waals surface area contributed by atoms with E-state index >= 15 is 0 Å². The molecule has 2 aliphatic heterocycles. The molecule has 1 fully saturated rings. The Morgan fingerprint density at radius 3 is 2.66 bits per heavy atom. The Kier molecular flexibility index (Phi) is 6.79. The van der Waals surface area contributed by atoms with Crippen molar-refractivity contribution >= 4 is 17.6 Å². The molecule has 0 aliphatic carbocycles. The van der Waals surface area contributed by atoms with Crippen LogP contribution in [0.15, 0.2) is 30.3 Å². The topological polar surface area (TPSA) is 82.6 Å². The highest BCUT2D eigenvalue weighted by molar-refractivity contribution is 5.72. The third kappa shape index (κ3) is 4.80. The van der Waals surface area contributed by atoms with E-state index in [2.05, 4.69) is 62.7 Å². The highest BCUT2D eigenvalue weighted by Crippen LogP contribution is 2.39. The van der Waals surface area contributed by atoms with E-state index in [4.69, 9.17) is 4.74 Å². The summed E-state index contributed by atoms with van der Waals surface area (Å²) in [4.78, 5) is 17.0. The van der Waals surface area contributed by atoms with Gasteiger partial charge in [0.25, 0.3) is 0 Å². The van der Waals surface area contributed by atoms with Gasteiger partial charge in [0.15, 0.2) is 5.82 Å². The molecular weight excluding hydrogens is 404 g/mol. The van der Waals surface area contributed by atoms with Crippen LogP contribution in [0.5, 0.6) is 0 Å². The Hall–Kier alpha value is -2.87. The lowest BCUT2D eigenvalue weighted by Crippen LogP contribution is -2.44. The van der Waals surface area contributed by atoms with Crippen LogP contribution in [-0.4, -0.2) is 61.2 Å². The largest absolute Gasteiger partial charge is 0.447 e. The minimum atomic E-state index is -0.376. The van der Waals surface area contributed by atoms with Crippen LogP contribution in [0, 0.1) is 0 Å². The average molecular weight is 439 g/mol. The molecule has 0 saturated carbocycles. The molecule has 0 bridgehead atoms. The van der Waals surface area contributed by atoms with Gasteiger partial charge in [0.1, 0.15) is 0 Å². The first-order chi connectivity index (χ1) is 15.5. The molecule has 0 radical (unpaired) electrons. The lowest BCUT2D eigenvalue weighted by molar-refractivity contribution is 0.111. The second-order valence-electron chi connectivity index (χ2n) is 8.81. The van der Waals surface area contributed by atoms with E-state index in [1.165, 1.54) is 0 Å². The van der Waals surface area contributed by atoms with E-state index in [0.717, 1.165) is 67.5 Å². The molecule has 2 aliphatic rings. The van der Waals surface area contributed by atoms with E-state index in [1.807, 2.05) is 26.0 Å². The number of nitrogens with one attached hydrogen (secondary N) is 2. The maximum atomic E-state index is 12.4. The molecule has 4 rings (SSSR count). The summed E-state index contributed by atoms with van der Waals surface area (Å²) in [6, 6.07) is 10.7. The number of aromatic nitrogens is 2. The number of carbonyl (C=O) groups excluding carboxylic acids is 1. The van der Waals surface area contributed by atoms with Crippen LogP contribution in [-0.2, 0) is 4.74 Å². The van der Waals surface area contributed by atoms with Crippen LogP contribution in [0.2, 0.25) is 0 Å². The zero-order chi connectivity index (χ0) is 22.7. The summed E-state index contributed by atoms with van der Waals surface area (Å²) in [6.07, 6.45) is 0.294. The van der Waals surface area contributed by atoms with E-state index in [0.29, 0.717) is 6.04 Å². The van der Waals surface area contributed by atoms with Crippen molar-refractivity contribution in [1.29, 1.82) is 0 Å². The summed E-state index contributed by atoms with van der Waals surface area (Å²) in [6.45, 7) is 12.8. The van der Waals surface area contributed by atoms with Gasteiger partial charge in [-0.3, -0.25) is 0 Å². The molecule has 1 aromatic carbocycles. The Balaban J connectivity index is 1.61. The van der Waals surface area contributed by atoms with Crippen molar-refractivity contribution in [3.05, 3.63) is 35.9 Å². The zero-order valence-electron chi connectivity index (χ0n) is 19.5. The van der Waals surface area contributed by atoms with E-state index in [1.54, 1.807) is 0 Å². The van der Waals surface area contributed by atoms with Crippen LogP contribution in [0.1, 0.15) is 45.7 Å². The molecule has 1 saturated heterocycles. The first-order valence-electron chi connectivity index (χ1n) is 11.6. The van der Waals surface area contributed by atoms with Gasteiger partial charge in [-0.1, -0.05) is 6.07 Å². The Labute approximate surface area is 190 Å². The van der Waals surface area contributed by atoms with Crippen LogP contribution < -0.4 is 20.4 Å². The molecule has 1 amide bonds. The van der Waals surface area contributed by atoms with Crippen LogP contribution >= 0.6 is 0 Å². The SMILES string of the molecule is CCN1c2ccc(-c3ccc(N4CCNCC4)nn3)cc2C(NC(=O)OC(C)C)CC1C. The fraction of sp³-hybridized carbons (Fsp3) is 0.542. The van der Waals surface area contributed by atoms with Gasteiger partial charge in [-0.2, -0.15) is 0 Å². The number of piperazine rings is 1. The molecule has 8 heteroatoms. The average Bonchev–Trinajstić information content (AvgIpc) is 2.79. The van der Waals surface area contributed by atoms with Crippen LogP contribution in [0.25, 0.3) is 11.3 Å². The van der Waals surface area contributed by atoms with Gasteiger partial charge >= 0.3 is 6.09 Å². The number of alkyl carbamates (subject to hydrolysis) is 1. The van der Waals surface area contributed by atoms with Crippen molar-refractivity contribution in [2.45, 2.75) is 52.3 Å². The number of ether oxygens (including phenoxy) is 1. The van der Waals surface area contributed by atoms with Crippen LogP contribution in [0.4, 0.5) is 16.3 Å². The third-order valence-corrected chi connectivity index (χ3v) is 6.18. The number of amides is 1. The van der Waals surface area contributed by atoms with Gasteiger partial charge in [0, 0.05) is 50.0 Å². The van der Waals surface area contributed by atoms with Gasteiger partial charge in [0.05, 0.1) is 17.8 Å². The van der Waals surface area contributed by atoms with Gasteiger partial charge in [-0.15, -0.1) is 10.2 Å². The van der Waals surface area contributed by atoms with Gasteiger partial charge in [0.2, 0.25) is 0 Å². The first kappa shape index (κ1) is 22.3. The van der Waals surface area contributed by atoms with Crippen molar-refractivity contribution in [1.82, 2.24) is 20.8 Å². The molecule has 3 heterocycles. The Morgan fingerprint density at radius 2 is 2.00 bits per heavy atom. The molecule has 0 spiro atoms. The minimum absolute atomic E-state index is 0.109. The number of anilines is 2. The number of hydrogen-bond donors (Lipinski definition) is 2. The maximum Gasteiger partial charge on any atom is 0.407 e. The van der Waals surface area contributed by atoms with E-state index in [-0.39, 0.29) is 18.2 Å². The molecule has 2 unspecified atom stereocenters. The van der Waals surface area contributed by atoms with Crippen molar-refractivity contribution in [3.63, 3.8) is 0 Å². The second-order valence-corrected chi connectivity index (χ2v) is 8.81. The smallest absolute Gasteiger partial charge is 0.407 e. The van der Waals surface area contributed by atoms with E-state index < -0.39 is 0 Å². The van der Waals surface area contributed by atoms with Gasteiger partial charge < -0.3 is 25.2 Å². The first-order valence-corrected chi connectivity index (χ1v) is 11.6. The number of rotatable bonds is 5. The zero-order valence-corrected chi connectivity index (χ0v) is 19.5. The number of nitrogens with zero attached hydrogens (tertiary/aromatic N) is 4. The Morgan fingerprint density at radius 1 is 1.22 bits per heavy atom. The van der Waals surface area contributed by atoms with Crippen molar-refractivity contribution in [3.8, 4) is 11.3 Å². The Bertz CT molecular complexity index is 927. The van der Waals surface area contributed by atoms with Crippen molar-refractivity contribution in [2.75, 3.05) is 42.5 Å². The molecular formula is C24H34N6O2. The fourth-order valence-electron chi connectivity index (χ4n) is 4.64. The lowest BCUT2D eigenvalue weighted by atomic mass is 9.90. The monoisotopic (exact) mass is 438 g/mol. The van der Waals surface area contributed by atoms with E-state index in [9.17, 15) is 4.79 Å². The number of carbonyl (C=O) groups is 1. The third-order valence-electron chi connectivity index (χ3n) is 6.18. The summed E-state index contributed by atoms with van der Waals surface area (Å²) in [5.41, 5.74) is 4.07. The van der Waals surface area contributed by atoms with Crippen molar-refractivity contribution < 1.29 is 9.53 Å². The fourth-order valence-corrected chi connectivity index (χ4v) is 4.64. The second kappa shape index (κ2) is 9.73. The summed E-state index contributed by atoms with van der Waals surface area (Å²) in [7, 11) is 0.